The molecule has 0 saturated heterocycles. The Kier molecular flexibility index (Phi) is 3.61. The number of nitrogens with two attached hydrogens (primary N) is 1. The van der Waals surface area contributed by atoms with Crippen LogP contribution in [0.15, 0.2) is 18.5 Å². The molecule has 80 valence electrons. The van der Waals surface area contributed by atoms with Crippen LogP contribution in [0.4, 0.5) is 5.69 Å². The van der Waals surface area contributed by atoms with E-state index in [9.17, 15) is 9.59 Å². The number of nitrogens with one attached hydrogen (secondary N) is 2. The van der Waals surface area contributed by atoms with Crippen molar-refractivity contribution in [1.29, 1.82) is 0 Å². The SMILES string of the molecule is CNC(=O)CNC(=O)c1ccncc1N. The molecule has 15 heavy (non-hydrogen) atoms. The number of hydrogen-bond acceptors (Lipinski definition) is 4. The average molecular weight is 208 g/mol. The molecule has 0 aromatic carbocycles. The van der Waals surface area contributed by atoms with E-state index in [-0.39, 0.29) is 18.1 Å². The number of carbonyl (C=O) groups is 2. The lowest BCUT2D eigenvalue weighted by Crippen LogP contribution is -2.35. The molecular weight excluding hydrogens is 196 g/mol. The van der Waals surface area contributed by atoms with Crippen LogP contribution in [-0.2, 0) is 4.79 Å². The second-order valence-corrected chi connectivity index (χ2v) is 2.82. The molecule has 1 heterocycles. The van der Waals surface area contributed by atoms with Gasteiger partial charge in [-0.25, -0.2) is 0 Å². The van der Waals surface area contributed by atoms with Gasteiger partial charge in [-0.05, 0) is 6.07 Å². The second kappa shape index (κ2) is 4.94. The molecule has 4 N–H and O–H groups in total. The molecule has 1 aromatic rings. The molecule has 0 aliphatic heterocycles. The third-order valence-electron chi connectivity index (χ3n) is 1.78. The number of nitrogen functional groups attached to an aromatic ring is 1. The lowest BCUT2D eigenvalue weighted by molar-refractivity contribution is -0.119. The highest BCUT2D eigenvalue weighted by atomic mass is 16.2. The summed E-state index contributed by atoms with van der Waals surface area (Å²) < 4.78 is 0. The standard InChI is InChI=1S/C9H12N4O2/c1-11-8(14)5-13-9(15)6-2-3-12-4-7(6)10/h2-4H,5,10H2,1H3,(H,11,14)(H,13,15). The Morgan fingerprint density at radius 1 is 1.53 bits per heavy atom. The molecule has 0 saturated carbocycles. The number of carbonyl (C=O) groups excluding carboxylic acids is 2. The van der Waals surface area contributed by atoms with Crippen molar-refractivity contribution in [3.63, 3.8) is 0 Å². The van der Waals surface area contributed by atoms with E-state index in [2.05, 4.69) is 15.6 Å². The van der Waals surface area contributed by atoms with Gasteiger partial charge in [0.2, 0.25) is 5.91 Å². The largest absolute Gasteiger partial charge is 0.397 e. The number of amides is 2. The quantitative estimate of drug-likeness (QED) is 0.602. The summed E-state index contributed by atoms with van der Waals surface area (Å²) in [4.78, 5) is 26.1. The Hall–Kier alpha value is -2.11. The van der Waals surface area contributed by atoms with Gasteiger partial charge in [-0.1, -0.05) is 0 Å². The molecule has 0 spiro atoms. The van der Waals surface area contributed by atoms with Gasteiger partial charge in [0.25, 0.3) is 5.91 Å². The van der Waals surface area contributed by atoms with Crippen LogP contribution in [0.25, 0.3) is 0 Å². The maximum absolute atomic E-state index is 11.5. The van der Waals surface area contributed by atoms with Crippen LogP contribution in [0.5, 0.6) is 0 Å². The smallest absolute Gasteiger partial charge is 0.253 e. The summed E-state index contributed by atoms with van der Waals surface area (Å²) in [5.41, 5.74) is 6.13. The predicted octanol–water partition coefficient (Wildman–Crippen LogP) is -0.860. The third-order valence-corrected chi connectivity index (χ3v) is 1.78. The van der Waals surface area contributed by atoms with Gasteiger partial charge in [-0.15, -0.1) is 0 Å². The molecule has 0 unspecified atom stereocenters. The topological polar surface area (TPSA) is 97.1 Å². The van der Waals surface area contributed by atoms with Gasteiger partial charge in [-0.3, -0.25) is 14.6 Å². The summed E-state index contributed by atoms with van der Waals surface area (Å²) in [5.74, 6) is -0.658. The van der Waals surface area contributed by atoms with Crippen LogP contribution in [0.1, 0.15) is 10.4 Å². The molecule has 0 atom stereocenters. The van der Waals surface area contributed by atoms with E-state index < -0.39 is 5.91 Å². The van der Waals surface area contributed by atoms with Gasteiger partial charge in [0.05, 0.1) is 24.0 Å². The van der Waals surface area contributed by atoms with Crippen molar-refractivity contribution in [2.24, 2.45) is 0 Å². The van der Waals surface area contributed by atoms with Crippen molar-refractivity contribution >= 4 is 17.5 Å². The minimum atomic E-state index is -0.390. The maximum Gasteiger partial charge on any atom is 0.253 e. The van der Waals surface area contributed by atoms with E-state index >= 15 is 0 Å². The van der Waals surface area contributed by atoms with Gasteiger partial charge < -0.3 is 16.4 Å². The van der Waals surface area contributed by atoms with E-state index in [0.717, 1.165) is 0 Å². The lowest BCUT2D eigenvalue weighted by atomic mass is 10.2. The second-order valence-electron chi connectivity index (χ2n) is 2.82. The number of anilines is 1. The zero-order chi connectivity index (χ0) is 11.3. The first-order valence-electron chi connectivity index (χ1n) is 4.33. The van der Waals surface area contributed by atoms with E-state index in [1.807, 2.05) is 0 Å². The number of hydrogen-bond donors (Lipinski definition) is 3. The van der Waals surface area contributed by atoms with Crippen molar-refractivity contribution in [2.45, 2.75) is 0 Å². The van der Waals surface area contributed by atoms with Gasteiger partial charge in [0, 0.05) is 13.2 Å². The van der Waals surface area contributed by atoms with Gasteiger partial charge in [0.1, 0.15) is 0 Å². The Morgan fingerprint density at radius 3 is 2.87 bits per heavy atom. The Balaban J connectivity index is 2.62. The van der Waals surface area contributed by atoms with Crippen LogP contribution in [0.3, 0.4) is 0 Å². The van der Waals surface area contributed by atoms with Crippen LogP contribution in [0.2, 0.25) is 0 Å². The van der Waals surface area contributed by atoms with E-state index in [1.54, 1.807) is 0 Å². The van der Waals surface area contributed by atoms with Crippen LogP contribution in [0, 0.1) is 0 Å². The molecular formula is C9H12N4O2. The molecule has 6 heteroatoms. The highest BCUT2D eigenvalue weighted by molar-refractivity contribution is 6.00. The van der Waals surface area contributed by atoms with Crippen molar-refractivity contribution in [2.75, 3.05) is 19.3 Å². The van der Waals surface area contributed by atoms with Crippen molar-refractivity contribution in [3.05, 3.63) is 24.0 Å². The molecule has 0 radical (unpaired) electrons. The van der Waals surface area contributed by atoms with Crippen LogP contribution >= 0.6 is 0 Å². The van der Waals surface area contributed by atoms with Crippen LogP contribution < -0.4 is 16.4 Å². The first kappa shape index (κ1) is 11.0. The fourth-order valence-electron chi connectivity index (χ4n) is 0.958. The highest BCUT2D eigenvalue weighted by Crippen LogP contribution is 2.07. The fourth-order valence-corrected chi connectivity index (χ4v) is 0.958. The molecule has 0 aliphatic rings. The van der Waals surface area contributed by atoms with Gasteiger partial charge in [0.15, 0.2) is 0 Å². The highest BCUT2D eigenvalue weighted by Gasteiger charge is 2.09. The molecule has 6 nitrogen and oxygen atoms in total. The van der Waals surface area contributed by atoms with Gasteiger partial charge in [-0.2, -0.15) is 0 Å². The zero-order valence-electron chi connectivity index (χ0n) is 8.28. The molecule has 0 fully saturated rings. The summed E-state index contributed by atoms with van der Waals surface area (Å²) in [6.45, 7) is -0.0723. The summed E-state index contributed by atoms with van der Waals surface area (Å²) in [6.07, 6.45) is 2.85. The number of nitrogens with zero attached hydrogens (tertiary/aromatic N) is 1. The van der Waals surface area contributed by atoms with Gasteiger partial charge >= 0.3 is 0 Å². The Bertz CT molecular complexity index is 378. The van der Waals surface area contributed by atoms with E-state index in [1.165, 1.54) is 25.5 Å². The number of likely N-dealkylation sites (N-methyl/N-ethyl adjacent to an activating group) is 1. The Labute approximate surface area is 86.9 Å². The van der Waals surface area contributed by atoms with Crippen molar-refractivity contribution < 1.29 is 9.59 Å². The number of aromatic nitrogens is 1. The monoisotopic (exact) mass is 208 g/mol. The van der Waals surface area contributed by atoms with Crippen molar-refractivity contribution in [1.82, 2.24) is 15.6 Å². The van der Waals surface area contributed by atoms with Crippen LogP contribution in [-0.4, -0.2) is 30.4 Å². The van der Waals surface area contributed by atoms with E-state index in [0.29, 0.717) is 5.56 Å². The minimum absolute atomic E-state index is 0.0723. The van der Waals surface area contributed by atoms with E-state index in [4.69, 9.17) is 5.73 Å². The first-order chi connectivity index (χ1) is 7.15. The summed E-state index contributed by atoms with van der Waals surface area (Å²) in [5, 5.41) is 4.82. The van der Waals surface area contributed by atoms with Crippen molar-refractivity contribution in [3.8, 4) is 0 Å². The normalized spacial score (nSPS) is 9.40. The average Bonchev–Trinajstić information content (AvgIpc) is 2.26. The molecule has 1 aromatic heterocycles. The first-order valence-corrected chi connectivity index (χ1v) is 4.33. The summed E-state index contributed by atoms with van der Waals surface area (Å²) >= 11 is 0. The molecule has 1 rings (SSSR count). The maximum atomic E-state index is 11.5. The fraction of sp³-hybridized carbons (Fsp3) is 0.222. The Morgan fingerprint density at radius 2 is 2.27 bits per heavy atom. The minimum Gasteiger partial charge on any atom is -0.397 e. The molecule has 2 amide bonds. The third kappa shape index (κ3) is 2.94. The molecule has 0 bridgehead atoms. The predicted molar refractivity (Wildman–Crippen MR) is 55.0 cm³/mol. The number of pyridine rings is 1. The summed E-state index contributed by atoms with van der Waals surface area (Å²) in [7, 11) is 1.50. The zero-order valence-corrected chi connectivity index (χ0v) is 8.28. The number of rotatable bonds is 3. The lowest BCUT2D eigenvalue weighted by Gasteiger charge is -2.05. The summed E-state index contributed by atoms with van der Waals surface area (Å²) in [6, 6.07) is 1.49. The molecule has 0 aliphatic carbocycles.